The summed E-state index contributed by atoms with van der Waals surface area (Å²) in [4.78, 5) is 73.2. The molecule has 498 valence electrons. The van der Waals surface area contributed by atoms with Crippen molar-refractivity contribution in [1.29, 1.82) is 0 Å². The minimum atomic E-state index is -0.623. The molecule has 3 aromatic heterocycles. The van der Waals surface area contributed by atoms with Crippen molar-refractivity contribution in [2.24, 2.45) is 0 Å². The molecule has 100 heavy (non-hydrogen) atoms. The third kappa shape index (κ3) is 13.9. The monoisotopic (exact) mass is 1330 g/mol. The number of H-pyrrole nitrogens is 2. The minimum Gasteiger partial charge on any atom is -0.497 e. The first kappa shape index (κ1) is 65.3. The second kappa shape index (κ2) is 28.5. The fourth-order valence-electron chi connectivity index (χ4n) is 11.5. The molecule has 0 saturated carbocycles. The molecule has 11 aromatic rings. The maximum atomic E-state index is 13.7. The lowest BCUT2D eigenvalue weighted by atomic mass is 10.0. The Labute approximate surface area is 573 Å². The third-order valence-electron chi connectivity index (χ3n) is 16.5. The molecule has 2 aliphatic heterocycles. The van der Waals surface area contributed by atoms with Crippen molar-refractivity contribution in [1.82, 2.24) is 19.9 Å². The summed E-state index contributed by atoms with van der Waals surface area (Å²) in [6.45, 7) is 0. The zero-order valence-corrected chi connectivity index (χ0v) is 55.2. The van der Waals surface area contributed by atoms with Gasteiger partial charge < -0.3 is 66.8 Å². The van der Waals surface area contributed by atoms with E-state index in [2.05, 4.69) is 9.97 Å². The molecule has 0 unspecified atom stereocenters. The van der Waals surface area contributed by atoms with E-state index in [-0.39, 0.29) is 45.3 Å². The number of benzene rings is 8. The Morgan fingerprint density at radius 2 is 0.420 bits per heavy atom. The summed E-state index contributed by atoms with van der Waals surface area (Å²) in [5.41, 5.74) is 11.4. The van der Waals surface area contributed by atoms with Crippen molar-refractivity contribution in [3.05, 3.63) is 239 Å². The van der Waals surface area contributed by atoms with Crippen LogP contribution in [0.2, 0.25) is 0 Å². The lowest BCUT2D eigenvalue weighted by molar-refractivity contribution is 0.0724. The van der Waals surface area contributed by atoms with Crippen LogP contribution in [0, 0.1) is 0 Å². The van der Waals surface area contributed by atoms with Crippen LogP contribution in [-0.2, 0) is 0 Å². The number of fused-ring (bicyclic) bond motifs is 8. The molecule has 0 saturated heterocycles. The molecule has 2 N–H and O–H groups in total. The molecular weight excluding hydrogens is 1270 g/mol. The van der Waals surface area contributed by atoms with Crippen LogP contribution < -0.4 is 56.8 Å². The Kier molecular flexibility index (Phi) is 18.6. The van der Waals surface area contributed by atoms with Gasteiger partial charge in [0.2, 0.25) is 0 Å². The summed E-state index contributed by atoms with van der Waals surface area (Å²) in [6.07, 6.45) is 7.74. The Hall–Kier alpha value is -13.4. The first-order valence-electron chi connectivity index (χ1n) is 31.1. The van der Waals surface area contributed by atoms with Gasteiger partial charge in [-0.1, -0.05) is 48.5 Å². The topological polar surface area (TPSA) is 236 Å². The highest BCUT2D eigenvalue weighted by Gasteiger charge is 2.23. The zero-order valence-electron chi connectivity index (χ0n) is 55.2. The van der Waals surface area contributed by atoms with Gasteiger partial charge in [0, 0.05) is 68.6 Å². The van der Waals surface area contributed by atoms with E-state index in [0.29, 0.717) is 135 Å². The molecule has 0 aliphatic carbocycles. The van der Waals surface area contributed by atoms with E-state index in [1.165, 1.54) is 56.9 Å². The van der Waals surface area contributed by atoms with Crippen molar-refractivity contribution in [3.63, 3.8) is 0 Å². The van der Waals surface area contributed by atoms with Gasteiger partial charge in [0.15, 0.2) is 0 Å². The minimum absolute atomic E-state index is 0.227. The number of rotatable bonds is 20. The van der Waals surface area contributed by atoms with Crippen LogP contribution in [0.3, 0.4) is 0 Å². The number of aromatic nitrogens is 4. The number of hydrogen-bond acceptors (Lipinski definition) is 18. The average molecular weight is 1340 g/mol. The van der Waals surface area contributed by atoms with Crippen LogP contribution in [0.4, 0.5) is 0 Å². The number of ether oxygens (including phenoxy) is 12. The molecule has 13 rings (SSSR count). The second-order valence-corrected chi connectivity index (χ2v) is 22.6. The standard InChI is InChI=1S/C80H62N4O16/c1-89-57-33-49(34-58(41-57)90-2)77(85)97-53-17-9-45(10-18-53)73-65-25-27-67(81-65)74(46-11-19-54(20-12-46)98-78(86)50-35-59(91-3)42-60(36-50)92-4)69-29-31-71(83-69)76(48-15-23-56(24-16-48)100-80(88)52-39-63(95-7)44-64(40-52)96-8)72-32-30-70(84-72)75(68-28-26-66(73)82-68)47-13-21-55(22-14-47)99-79(87)51-37-61(93-5)43-62(38-51)94-6/h9-44,81,84H,1-8H3. The predicted octanol–water partition coefficient (Wildman–Crippen LogP) is 16.3. The van der Waals surface area contributed by atoms with E-state index in [0.717, 1.165) is 0 Å². The number of nitrogens with zero attached hydrogens (tertiary/aromatic N) is 2. The van der Waals surface area contributed by atoms with Gasteiger partial charge in [-0.05, 0) is 168 Å². The van der Waals surface area contributed by atoms with Crippen molar-refractivity contribution in [2.45, 2.75) is 0 Å². The number of carbonyl (C=O) groups excluding carboxylic acids is 4. The number of aromatic amines is 2. The summed E-state index contributed by atoms with van der Waals surface area (Å²) < 4.78 is 67.1. The van der Waals surface area contributed by atoms with Gasteiger partial charge in [0.05, 0.1) is 102 Å². The van der Waals surface area contributed by atoms with Crippen LogP contribution >= 0.6 is 0 Å². The van der Waals surface area contributed by atoms with Gasteiger partial charge in [0.1, 0.15) is 69.0 Å². The van der Waals surface area contributed by atoms with Gasteiger partial charge in [-0.2, -0.15) is 0 Å². The normalized spacial score (nSPS) is 11.3. The number of esters is 4. The maximum absolute atomic E-state index is 13.7. The zero-order chi connectivity index (χ0) is 69.6. The van der Waals surface area contributed by atoms with Crippen LogP contribution in [0.15, 0.2) is 194 Å². The molecule has 0 radical (unpaired) electrons. The lowest BCUT2D eigenvalue weighted by Crippen LogP contribution is -2.09. The van der Waals surface area contributed by atoms with E-state index in [9.17, 15) is 19.2 Å². The van der Waals surface area contributed by atoms with Gasteiger partial charge in [-0.15, -0.1) is 0 Å². The summed E-state index contributed by atoms with van der Waals surface area (Å²) in [5.74, 6) is 1.99. The Balaban J connectivity index is 0.985. The van der Waals surface area contributed by atoms with E-state index in [1.807, 2.05) is 97.1 Å². The van der Waals surface area contributed by atoms with E-state index >= 15 is 0 Å². The molecule has 0 amide bonds. The van der Waals surface area contributed by atoms with Crippen molar-refractivity contribution >= 4 is 70.2 Å². The van der Waals surface area contributed by atoms with Crippen molar-refractivity contribution in [2.75, 3.05) is 56.9 Å². The number of carbonyl (C=O) groups is 4. The summed E-state index contributed by atoms with van der Waals surface area (Å²) in [7, 11) is 12.0. The fourth-order valence-corrected chi connectivity index (χ4v) is 11.5. The van der Waals surface area contributed by atoms with Crippen LogP contribution in [-0.4, -0.2) is 101 Å². The maximum Gasteiger partial charge on any atom is 0.343 e. The molecule has 0 spiro atoms. The summed E-state index contributed by atoms with van der Waals surface area (Å²) in [6, 6.07) is 55.6. The highest BCUT2D eigenvalue weighted by molar-refractivity contribution is 6.01. The predicted molar refractivity (Wildman–Crippen MR) is 379 cm³/mol. The van der Waals surface area contributed by atoms with Gasteiger partial charge in [-0.3, -0.25) is 0 Å². The number of methoxy groups -OCH3 is 8. The fraction of sp³-hybridized carbons (Fsp3) is 0.100. The Morgan fingerprint density at radius 1 is 0.240 bits per heavy atom. The van der Waals surface area contributed by atoms with Crippen LogP contribution in [0.25, 0.3) is 90.9 Å². The van der Waals surface area contributed by atoms with E-state index in [4.69, 9.17) is 66.8 Å². The van der Waals surface area contributed by atoms with Crippen molar-refractivity contribution < 1.29 is 76.0 Å². The third-order valence-corrected chi connectivity index (χ3v) is 16.5. The molecule has 0 fully saturated rings. The molecule has 20 nitrogen and oxygen atoms in total. The molecule has 8 bridgehead atoms. The van der Waals surface area contributed by atoms with E-state index in [1.54, 1.807) is 121 Å². The Bertz CT molecular complexity index is 4520. The van der Waals surface area contributed by atoms with Gasteiger partial charge >= 0.3 is 23.9 Å². The molecule has 0 atom stereocenters. The van der Waals surface area contributed by atoms with E-state index < -0.39 is 23.9 Å². The highest BCUT2D eigenvalue weighted by atomic mass is 16.6. The smallest absolute Gasteiger partial charge is 0.343 e. The first-order valence-corrected chi connectivity index (χ1v) is 31.1. The number of nitrogens with one attached hydrogen (secondary N) is 2. The number of hydrogen-bond donors (Lipinski definition) is 2. The quantitative estimate of drug-likeness (QED) is 0.0533. The summed E-state index contributed by atoms with van der Waals surface area (Å²) >= 11 is 0. The molecular formula is C80H62N4O16. The molecule has 8 aromatic carbocycles. The lowest BCUT2D eigenvalue weighted by Gasteiger charge is -2.10. The van der Waals surface area contributed by atoms with Crippen LogP contribution in [0.1, 0.15) is 64.2 Å². The average Bonchev–Trinajstić information content (AvgIpc) is 1.60. The largest absolute Gasteiger partial charge is 0.497 e. The van der Waals surface area contributed by atoms with Gasteiger partial charge in [-0.25, -0.2) is 29.1 Å². The summed E-state index contributed by atoms with van der Waals surface area (Å²) in [5, 5.41) is 0. The molecule has 20 heteroatoms. The molecule has 2 aliphatic rings. The highest BCUT2D eigenvalue weighted by Crippen LogP contribution is 2.41. The molecule has 5 heterocycles. The van der Waals surface area contributed by atoms with Crippen LogP contribution in [0.5, 0.6) is 69.0 Å². The van der Waals surface area contributed by atoms with Gasteiger partial charge in [0.25, 0.3) is 0 Å². The second-order valence-electron chi connectivity index (χ2n) is 22.6. The van der Waals surface area contributed by atoms with Crippen molar-refractivity contribution in [3.8, 4) is 114 Å². The Morgan fingerprint density at radius 3 is 0.590 bits per heavy atom. The SMILES string of the molecule is COc1cc(OC)cc(C(=O)Oc2ccc(-c3c4nc(c(-c5ccc(OC(=O)c6cc(OC)cc(OC)c6)cc5)c5ccc([nH]5)c(-c5ccc(OC(=O)c6cc(OC)cc(OC)c6)cc5)c5nc(c(-c6ccc(OC(=O)c7cc(OC)cc(OC)c7)cc6)c6ccc3[nH]6)C=C5)C=C4)cc2)c1. The first-order chi connectivity index (χ1) is 48.7.